The van der Waals surface area contributed by atoms with Crippen molar-refractivity contribution in [1.29, 1.82) is 0 Å². The minimum atomic E-state index is -3.43. The summed E-state index contributed by atoms with van der Waals surface area (Å²) in [5.41, 5.74) is 4.52. The smallest absolute Gasteiger partial charge is 0.335 e. The molecule has 11 heteroatoms. The molecule has 4 aromatic rings. The molecule has 5 rings (SSSR count). The molecule has 0 amide bonds. The lowest BCUT2D eigenvalue weighted by atomic mass is 10.0. The molecule has 3 heterocycles. The Balaban J connectivity index is 1.58. The fourth-order valence-electron chi connectivity index (χ4n) is 4.76. The van der Waals surface area contributed by atoms with Crippen LogP contribution in [-0.2, 0) is 10.0 Å². The minimum Gasteiger partial charge on any atom is -0.478 e. The van der Waals surface area contributed by atoms with Crippen molar-refractivity contribution in [3.63, 3.8) is 0 Å². The van der Waals surface area contributed by atoms with Gasteiger partial charge < -0.3 is 19.7 Å². The Hall–Kier alpha value is -4.22. The van der Waals surface area contributed by atoms with E-state index in [-0.39, 0.29) is 11.6 Å². The van der Waals surface area contributed by atoms with Crippen molar-refractivity contribution in [2.75, 3.05) is 15.9 Å². The lowest BCUT2D eigenvalue weighted by Crippen LogP contribution is -2.29. The first-order valence-corrected chi connectivity index (χ1v) is 14.3. The lowest BCUT2D eigenvalue weighted by molar-refractivity contribution is 0.0696. The maximum absolute atomic E-state index is 11.8. The Bertz CT molecular complexity index is 1690. The molecule has 1 aliphatic heterocycles. The van der Waals surface area contributed by atoms with Gasteiger partial charge in [0, 0.05) is 17.4 Å². The van der Waals surface area contributed by atoms with E-state index < -0.39 is 22.0 Å². The molecule has 0 radical (unpaired) electrons. The second-order valence-corrected chi connectivity index (χ2v) is 11.5. The van der Waals surface area contributed by atoms with Crippen LogP contribution in [0.3, 0.4) is 0 Å². The summed E-state index contributed by atoms with van der Waals surface area (Å²) < 4.78 is 32.5. The molecule has 9 nitrogen and oxygen atoms in total. The fraction of sp³-hybridized carbons (Fsp3) is 0.179. The van der Waals surface area contributed by atoms with Gasteiger partial charge in [-0.3, -0.25) is 9.71 Å². The quantitative estimate of drug-likeness (QED) is 0.261. The number of hydrogen-bond acceptors (Lipinski definition) is 6. The third kappa shape index (κ3) is 5.36. The van der Waals surface area contributed by atoms with Crippen LogP contribution in [0, 0.1) is 13.8 Å². The highest BCUT2D eigenvalue weighted by atomic mass is 32.2. The molecule has 0 saturated carbocycles. The van der Waals surface area contributed by atoms with Gasteiger partial charge in [-0.15, -0.1) is 0 Å². The average Bonchev–Trinajstić information content (AvgIpc) is 3.49. The maximum Gasteiger partial charge on any atom is 0.335 e. The summed E-state index contributed by atoms with van der Waals surface area (Å²) in [6.45, 7) is 3.66. The van der Waals surface area contributed by atoms with E-state index in [1.165, 1.54) is 0 Å². The average molecular weight is 563 g/mol. The number of pyridine rings is 1. The third-order valence-electron chi connectivity index (χ3n) is 6.54. The van der Waals surface area contributed by atoms with Crippen molar-refractivity contribution in [3.05, 3.63) is 101 Å². The Labute approximate surface area is 231 Å². The zero-order valence-corrected chi connectivity index (χ0v) is 23.0. The van der Waals surface area contributed by atoms with Crippen molar-refractivity contribution in [1.82, 2.24) is 10.3 Å². The van der Waals surface area contributed by atoms with E-state index in [1.54, 1.807) is 36.5 Å². The van der Waals surface area contributed by atoms with Crippen LogP contribution in [0.1, 0.15) is 45.0 Å². The predicted molar refractivity (Wildman–Crippen MR) is 153 cm³/mol. The summed E-state index contributed by atoms with van der Waals surface area (Å²) in [5, 5.41) is 13.2. The minimum absolute atomic E-state index is 0.207. The monoisotopic (exact) mass is 562 g/mol. The van der Waals surface area contributed by atoms with Gasteiger partial charge in [0.05, 0.1) is 29.2 Å². The summed E-state index contributed by atoms with van der Waals surface area (Å²) in [4.78, 5) is 17.9. The van der Waals surface area contributed by atoms with E-state index in [2.05, 4.69) is 15.0 Å². The standard InChI is InChI=1S/C28H26N4O5S2/c1-16-14-18(27(33)34)7-9-20(16)23-11-12-24(37-23)26-25(22-6-4-5-13-29-22)30-28(38)32(26)19-8-10-21(17(2)15-19)31-39(3,35)36/h4-15,25-26,31H,1-3H3,(H,30,38)(H,33,34)/t25-,26+/m0/s1. The van der Waals surface area contributed by atoms with E-state index in [0.717, 1.165) is 34.3 Å². The second kappa shape index (κ2) is 10.2. The predicted octanol–water partition coefficient (Wildman–Crippen LogP) is 5.21. The van der Waals surface area contributed by atoms with Crippen LogP contribution in [-0.4, -0.2) is 35.8 Å². The number of thiocarbonyl (C=S) groups is 1. The van der Waals surface area contributed by atoms with Crippen LogP contribution in [0.5, 0.6) is 0 Å². The summed E-state index contributed by atoms with van der Waals surface area (Å²) in [6.07, 6.45) is 2.83. The number of benzene rings is 2. The number of aromatic nitrogens is 1. The number of nitrogens with one attached hydrogen (secondary N) is 2. The van der Waals surface area contributed by atoms with E-state index in [9.17, 15) is 18.3 Å². The van der Waals surface area contributed by atoms with Crippen molar-refractivity contribution in [3.8, 4) is 11.3 Å². The number of anilines is 2. The number of aromatic carboxylic acids is 1. The van der Waals surface area contributed by atoms with Crippen LogP contribution < -0.4 is 14.9 Å². The highest BCUT2D eigenvalue weighted by Crippen LogP contribution is 2.43. The van der Waals surface area contributed by atoms with Crippen molar-refractivity contribution in [2.24, 2.45) is 0 Å². The first-order chi connectivity index (χ1) is 18.5. The van der Waals surface area contributed by atoms with Gasteiger partial charge in [-0.25, -0.2) is 13.2 Å². The topological polar surface area (TPSA) is 125 Å². The van der Waals surface area contributed by atoms with Gasteiger partial charge in [-0.1, -0.05) is 12.1 Å². The highest BCUT2D eigenvalue weighted by Gasteiger charge is 2.42. The molecule has 2 atom stereocenters. The van der Waals surface area contributed by atoms with Crippen molar-refractivity contribution >= 4 is 44.7 Å². The third-order valence-corrected chi connectivity index (χ3v) is 7.44. The van der Waals surface area contributed by atoms with E-state index in [4.69, 9.17) is 16.6 Å². The largest absolute Gasteiger partial charge is 0.478 e. The van der Waals surface area contributed by atoms with Gasteiger partial charge in [0.1, 0.15) is 17.6 Å². The number of nitrogens with zero attached hydrogens (tertiary/aromatic N) is 2. The van der Waals surface area contributed by atoms with Gasteiger partial charge in [0.2, 0.25) is 10.0 Å². The summed E-state index contributed by atoms with van der Waals surface area (Å²) >= 11 is 5.78. The molecule has 1 saturated heterocycles. The zero-order chi connectivity index (χ0) is 27.9. The molecule has 0 unspecified atom stereocenters. The van der Waals surface area contributed by atoms with E-state index in [0.29, 0.717) is 22.3 Å². The van der Waals surface area contributed by atoms with Gasteiger partial charge in [-0.2, -0.15) is 0 Å². The van der Waals surface area contributed by atoms with Crippen molar-refractivity contribution in [2.45, 2.75) is 25.9 Å². The Morgan fingerprint density at radius 1 is 1.08 bits per heavy atom. The number of carbonyl (C=O) groups is 1. The number of aryl methyl sites for hydroxylation is 2. The van der Waals surface area contributed by atoms with E-state index in [1.807, 2.05) is 55.1 Å². The van der Waals surface area contributed by atoms with E-state index >= 15 is 0 Å². The summed E-state index contributed by atoms with van der Waals surface area (Å²) in [5.74, 6) is 0.240. The second-order valence-electron chi connectivity index (χ2n) is 9.41. The van der Waals surface area contributed by atoms with Crippen LogP contribution in [0.4, 0.5) is 11.4 Å². The van der Waals surface area contributed by atoms with Gasteiger partial charge in [0.25, 0.3) is 0 Å². The van der Waals surface area contributed by atoms with Crippen LogP contribution in [0.2, 0.25) is 0 Å². The molecular formula is C28H26N4O5S2. The molecule has 0 bridgehead atoms. The molecule has 0 aliphatic carbocycles. The van der Waals surface area contributed by atoms with Gasteiger partial charge in [0.15, 0.2) is 5.11 Å². The Morgan fingerprint density at radius 2 is 1.87 bits per heavy atom. The number of hydrogen-bond donors (Lipinski definition) is 3. The highest BCUT2D eigenvalue weighted by molar-refractivity contribution is 7.92. The van der Waals surface area contributed by atoms with Crippen LogP contribution >= 0.6 is 12.2 Å². The zero-order valence-electron chi connectivity index (χ0n) is 21.4. The summed E-state index contributed by atoms with van der Waals surface area (Å²) in [7, 11) is -3.43. The molecule has 200 valence electrons. The summed E-state index contributed by atoms with van der Waals surface area (Å²) in [6, 6.07) is 19.0. The fourth-order valence-corrected chi connectivity index (χ4v) is 5.74. The van der Waals surface area contributed by atoms with Gasteiger partial charge in [-0.05, 0) is 91.8 Å². The number of sulfonamides is 1. The molecule has 2 aromatic carbocycles. The SMILES string of the molecule is Cc1cc(N2C(=S)N[C@@H](c3ccccn3)[C@H]2c2ccc(-c3ccc(C(=O)O)cc3C)o2)ccc1NS(C)(=O)=O. The first kappa shape index (κ1) is 26.4. The normalized spacial score (nSPS) is 17.2. The van der Waals surface area contributed by atoms with Crippen LogP contribution in [0.15, 0.2) is 77.3 Å². The number of rotatable bonds is 7. The Morgan fingerprint density at radius 3 is 2.51 bits per heavy atom. The lowest BCUT2D eigenvalue weighted by Gasteiger charge is -2.27. The molecule has 1 aliphatic rings. The number of carboxylic acid groups (broad SMARTS) is 1. The molecule has 0 spiro atoms. The van der Waals surface area contributed by atoms with Crippen molar-refractivity contribution < 1.29 is 22.7 Å². The molecular weight excluding hydrogens is 536 g/mol. The number of carboxylic acids is 1. The molecule has 39 heavy (non-hydrogen) atoms. The van der Waals surface area contributed by atoms with Gasteiger partial charge >= 0.3 is 5.97 Å². The van der Waals surface area contributed by atoms with Crippen LogP contribution in [0.25, 0.3) is 11.3 Å². The first-order valence-electron chi connectivity index (χ1n) is 12.0. The molecule has 1 fully saturated rings. The number of furan rings is 1. The molecule has 2 aromatic heterocycles. The maximum atomic E-state index is 11.8. The Kier molecular flexibility index (Phi) is 6.87. The molecule has 3 N–H and O–H groups in total.